The standard InChI is InChI=1S/C25H37N5O/c1-2-3-7-20-8-6-14-29(17-20)18-22-9-4-5-10-23(22)28-25(31)21-11-12-24(27-16-21)30-15-13-26-19-30/h11-13,15-16,19-20,22-23H,2-10,14,17-18H2,1H3,(H,28,31)/t20?,22-,23-/m1/s1. The fraction of sp³-hybridized carbons (Fsp3) is 0.640. The number of imidazole rings is 1. The normalized spacial score (nSPS) is 24.7. The molecule has 2 aromatic heterocycles. The monoisotopic (exact) mass is 423 g/mol. The van der Waals surface area contributed by atoms with Gasteiger partial charge in [0.25, 0.3) is 5.91 Å². The molecule has 2 aliphatic rings. The molecule has 1 saturated heterocycles. The second kappa shape index (κ2) is 10.9. The maximum absolute atomic E-state index is 12.9. The summed E-state index contributed by atoms with van der Waals surface area (Å²) in [6, 6.07) is 4.00. The minimum Gasteiger partial charge on any atom is -0.349 e. The number of piperidine rings is 1. The van der Waals surface area contributed by atoms with Crippen molar-refractivity contribution in [3.63, 3.8) is 0 Å². The lowest BCUT2D eigenvalue weighted by Crippen LogP contribution is -2.48. The highest BCUT2D eigenvalue weighted by molar-refractivity contribution is 5.94. The summed E-state index contributed by atoms with van der Waals surface area (Å²) < 4.78 is 1.84. The minimum absolute atomic E-state index is 0.000970. The van der Waals surface area contributed by atoms with E-state index in [1.807, 2.05) is 22.9 Å². The largest absolute Gasteiger partial charge is 0.349 e. The van der Waals surface area contributed by atoms with E-state index in [4.69, 9.17) is 0 Å². The van der Waals surface area contributed by atoms with E-state index in [-0.39, 0.29) is 11.9 Å². The Bertz CT molecular complexity index is 804. The average molecular weight is 424 g/mol. The van der Waals surface area contributed by atoms with Crippen LogP contribution >= 0.6 is 0 Å². The predicted octanol–water partition coefficient (Wildman–Crippen LogP) is 4.46. The van der Waals surface area contributed by atoms with E-state index in [1.165, 1.54) is 64.5 Å². The van der Waals surface area contributed by atoms with Crippen molar-refractivity contribution in [2.24, 2.45) is 11.8 Å². The van der Waals surface area contributed by atoms with Crippen LogP contribution in [0.3, 0.4) is 0 Å². The molecule has 0 radical (unpaired) electrons. The number of rotatable bonds is 8. The number of nitrogens with one attached hydrogen (secondary N) is 1. The zero-order valence-corrected chi connectivity index (χ0v) is 18.9. The Labute approximate surface area is 186 Å². The van der Waals surface area contributed by atoms with Gasteiger partial charge >= 0.3 is 0 Å². The second-order valence-electron chi connectivity index (χ2n) is 9.41. The van der Waals surface area contributed by atoms with Crippen LogP contribution in [-0.4, -0.2) is 51.0 Å². The Balaban J connectivity index is 1.33. The van der Waals surface area contributed by atoms with Gasteiger partial charge in [-0.15, -0.1) is 0 Å². The maximum atomic E-state index is 12.9. The van der Waals surface area contributed by atoms with E-state index in [0.717, 1.165) is 24.7 Å². The first-order chi connectivity index (χ1) is 15.2. The third-order valence-corrected chi connectivity index (χ3v) is 7.07. The molecule has 4 rings (SSSR count). The number of hydrogen-bond donors (Lipinski definition) is 1. The molecule has 0 aromatic carbocycles. The summed E-state index contributed by atoms with van der Waals surface area (Å²) in [5, 5.41) is 3.35. The number of pyridine rings is 1. The highest BCUT2D eigenvalue weighted by atomic mass is 16.1. The molecule has 3 heterocycles. The summed E-state index contributed by atoms with van der Waals surface area (Å²) in [7, 11) is 0. The molecular weight excluding hydrogens is 386 g/mol. The Morgan fingerprint density at radius 3 is 2.87 bits per heavy atom. The topological polar surface area (TPSA) is 63.1 Å². The van der Waals surface area contributed by atoms with Gasteiger partial charge in [-0.2, -0.15) is 0 Å². The van der Waals surface area contributed by atoms with Crippen LogP contribution in [0.1, 0.15) is 75.1 Å². The zero-order chi connectivity index (χ0) is 21.5. The minimum atomic E-state index is 0.000970. The third-order valence-electron chi connectivity index (χ3n) is 7.07. The van der Waals surface area contributed by atoms with Gasteiger partial charge < -0.3 is 10.2 Å². The summed E-state index contributed by atoms with van der Waals surface area (Å²) in [6.07, 6.45) is 18.5. The summed E-state index contributed by atoms with van der Waals surface area (Å²) >= 11 is 0. The van der Waals surface area contributed by atoms with Crippen LogP contribution in [0.5, 0.6) is 0 Å². The van der Waals surface area contributed by atoms with Gasteiger partial charge in [0, 0.05) is 37.7 Å². The Morgan fingerprint density at radius 2 is 2.10 bits per heavy atom. The highest BCUT2D eigenvalue weighted by Gasteiger charge is 2.30. The highest BCUT2D eigenvalue weighted by Crippen LogP contribution is 2.28. The summed E-state index contributed by atoms with van der Waals surface area (Å²) in [5.74, 6) is 2.19. The first-order valence-corrected chi connectivity index (χ1v) is 12.2. The van der Waals surface area contributed by atoms with E-state index in [0.29, 0.717) is 11.5 Å². The number of hydrogen-bond acceptors (Lipinski definition) is 4. The van der Waals surface area contributed by atoms with Crippen LogP contribution in [0.15, 0.2) is 37.1 Å². The Morgan fingerprint density at radius 1 is 1.19 bits per heavy atom. The van der Waals surface area contributed by atoms with Gasteiger partial charge in [0.1, 0.15) is 12.1 Å². The van der Waals surface area contributed by atoms with E-state index >= 15 is 0 Å². The molecule has 1 aliphatic carbocycles. The van der Waals surface area contributed by atoms with Crippen LogP contribution in [0.2, 0.25) is 0 Å². The molecule has 0 spiro atoms. The van der Waals surface area contributed by atoms with E-state index in [2.05, 4.69) is 27.1 Å². The molecule has 2 aromatic rings. The number of carbonyl (C=O) groups excluding carboxylic acids is 1. The molecule has 1 aliphatic heterocycles. The van der Waals surface area contributed by atoms with E-state index in [1.54, 1.807) is 18.7 Å². The molecule has 31 heavy (non-hydrogen) atoms. The van der Waals surface area contributed by atoms with Gasteiger partial charge in [0.05, 0.1) is 5.56 Å². The molecule has 3 atom stereocenters. The number of likely N-dealkylation sites (tertiary alicyclic amines) is 1. The molecule has 1 unspecified atom stereocenters. The van der Waals surface area contributed by atoms with Crippen LogP contribution in [0.4, 0.5) is 0 Å². The van der Waals surface area contributed by atoms with Crippen molar-refractivity contribution in [2.45, 2.75) is 70.8 Å². The molecule has 168 valence electrons. The SMILES string of the molecule is CCCCC1CCCN(C[C@H]2CCCC[C@H]2NC(=O)c2ccc(-n3ccnc3)nc2)C1. The lowest BCUT2D eigenvalue weighted by atomic mass is 9.83. The number of aromatic nitrogens is 3. The Hall–Kier alpha value is -2.21. The molecule has 2 fully saturated rings. The smallest absolute Gasteiger partial charge is 0.253 e. The fourth-order valence-corrected chi connectivity index (χ4v) is 5.31. The molecular formula is C25H37N5O. The van der Waals surface area contributed by atoms with Crippen molar-refractivity contribution in [3.05, 3.63) is 42.6 Å². The summed E-state index contributed by atoms with van der Waals surface area (Å²) in [4.78, 5) is 24.1. The number of carbonyl (C=O) groups is 1. The summed E-state index contributed by atoms with van der Waals surface area (Å²) in [5.41, 5.74) is 0.630. The lowest BCUT2D eigenvalue weighted by Gasteiger charge is -2.39. The first kappa shape index (κ1) is 22.0. The van der Waals surface area contributed by atoms with Gasteiger partial charge in [0.2, 0.25) is 0 Å². The first-order valence-electron chi connectivity index (χ1n) is 12.2. The van der Waals surface area contributed by atoms with Crippen molar-refractivity contribution in [1.82, 2.24) is 24.8 Å². The molecule has 1 saturated carbocycles. The van der Waals surface area contributed by atoms with Gasteiger partial charge in [-0.3, -0.25) is 9.36 Å². The molecule has 6 nitrogen and oxygen atoms in total. The maximum Gasteiger partial charge on any atom is 0.253 e. The lowest BCUT2D eigenvalue weighted by molar-refractivity contribution is 0.0853. The van der Waals surface area contributed by atoms with Crippen molar-refractivity contribution in [3.8, 4) is 5.82 Å². The average Bonchev–Trinajstić information content (AvgIpc) is 3.34. The van der Waals surface area contributed by atoms with Crippen LogP contribution in [0.25, 0.3) is 5.82 Å². The van der Waals surface area contributed by atoms with E-state index < -0.39 is 0 Å². The third kappa shape index (κ3) is 5.94. The van der Waals surface area contributed by atoms with Gasteiger partial charge in [0.15, 0.2) is 0 Å². The second-order valence-corrected chi connectivity index (χ2v) is 9.41. The number of amides is 1. The van der Waals surface area contributed by atoms with Crippen molar-refractivity contribution in [2.75, 3.05) is 19.6 Å². The van der Waals surface area contributed by atoms with Crippen molar-refractivity contribution >= 4 is 5.91 Å². The zero-order valence-electron chi connectivity index (χ0n) is 18.9. The van der Waals surface area contributed by atoms with E-state index in [9.17, 15) is 4.79 Å². The molecule has 1 amide bonds. The van der Waals surface area contributed by atoms with Gasteiger partial charge in [-0.05, 0) is 62.6 Å². The van der Waals surface area contributed by atoms with Crippen LogP contribution in [-0.2, 0) is 0 Å². The van der Waals surface area contributed by atoms with Gasteiger partial charge in [-0.25, -0.2) is 9.97 Å². The van der Waals surface area contributed by atoms with Crippen LogP contribution < -0.4 is 5.32 Å². The number of nitrogens with zero attached hydrogens (tertiary/aromatic N) is 4. The van der Waals surface area contributed by atoms with Crippen molar-refractivity contribution < 1.29 is 4.79 Å². The Kier molecular flexibility index (Phi) is 7.73. The molecule has 1 N–H and O–H groups in total. The molecule has 6 heteroatoms. The quantitative estimate of drug-likeness (QED) is 0.681. The molecule has 0 bridgehead atoms. The van der Waals surface area contributed by atoms with Crippen molar-refractivity contribution in [1.29, 1.82) is 0 Å². The van der Waals surface area contributed by atoms with Gasteiger partial charge in [-0.1, -0.05) is 32.6 Å². The van der Waals surface area contributed by atoms with Crippen LogP contribution in [0, 0.1) is 11.8 Å². The fourth-order valence-electron chi connectivity index (χ4n) is 5.31. The predicted molar refractivity (Wildman–Crippen MR) is 123 cm³/mol. The summed E-state index contributed by atoms with van der Waals surface area (Å²) in [6.45, 7) is 5.89. The number of unbranched alkanes of at least 4 members (excludes halogenated alkanes) is 1.